The highest BCUT2D eigenvalue weighted by atomic mass is 16.5. The summed E-state index contributed by atoms with van der Waals surface area (Å²) in [7, 11) is 1.80. The highest BCUT2D eigenvalue weighted by Gasteiger charge is 2.21. The molecule has 23 heavy (non-hydrogen) atoms. The molecule has 0 saturated carbocycles. The maximum absolute atomic E-state index is 12.4. The molecule has 0 saturated heterocycles. The zero-order valence-electron chi connectivity index (χ0n) is 13.3. The fourth-order valence-electron chi connectivity index (χ4n) is 2.20. The Labute approximate surface area is 132 Å². The minimum atomic E-state index is -0.369. The molecule has 3 heterocycles. The van der Waals surface area contributed by atoms with Crippen LogP contribution in [-0.2, 0) is 7.05 Å². The number of amides is 1. The Hall–Kier alpha value is -2.90. The van der Waals surface area contributed by atoms with E-state index >= 15 is 0 Å². The molecule has 0 radical (unpaired) electrons. The zero-order chi connectivity index (χ0) is 16.6. The van der Waals surface area contributed by atoms with Gasteiger partial charge in [0.1, 0.15) is 11.4 Å². The van der Waals surface area contributed by atoms with E-state index in [1.165, 1.54) is 6.20 Å². The highest BCUT2D eigenvalue weighted by molar-refractivity contribution is 6.04. The van der Waals surface area contributed by atoms with E-state index in [0.29, 0.717) is 28.7 Å². The van der Waals surface area contributed by atoms with Crippen molar-refractivity contribution in [1.82, 2.24) is 19.9 Å². The molecular weight excluding hydrogens is 298 g/mol. The predicted molar refractivity (Wildman–Crippen MR) is 82.0 cm³/mol. The van der Waals surface area contributed by atoms with Crippen molar-refractivity contribution in [2.45, 2.75) is 26.7 Å². The number of oxazole rings is 1. The van der Waals surface area contributed by atoms with Crippen molar-refractivity contribution in [1.29, 1.82) is 0 Å². The topological polar surface area (TPSA) is 99.0 Å². The summed E-state index contributed by atoms with van der Waals surface area (Å²) >= 11 is 0. The molecule has 3 aromatic heterocycles. The molecule has 0 unspecified atom stereocenters. The molecule has 1 N–H and O–H groups in total. The molecule has 0 aromatic carbocycles. The molecule has 3 aromatic rings. The molecule has 8 heteroatoms. The van der Waals surface area contributed by atoms with Gasteiger partial charge in [-0.25, -0.2) is 4.98 Å². The van der Waals surface area contributed by atoms with Crippen LogP contribution < -0.4 is 5.32 Å². The number of carbonyl (C=O) groups is 1. The second-order valence-electron chi connectivity index (χ2n) is 5.54. The SMILES string of the molecule is Cc1oc(-c2cnn(C)c2)nc1C(=O)Nc1cnoc1C(C)C. The zero-order valence-corrected chi connectivity index (χ0v) is 13.3. The Bertz CT molecular complexity index is 843. The minimum Gasteiger partial charge on any atom is -0.440 e. The molecule has 0 fully saturated rings. The van der Waals surface area contributed by atoms with Crippen LogP contribution in [0.15, 0.2) is 27.5 Å². The van der Waals surface area contributed by atoms with Gasteiger partial charge < -0.3 is 14.3 Å². The first-order valence-corrected chi connectivity index (χ1v) is 7.18. The lowest BCUT2D eigenvalue weighted by molar-refractivity contribution is 0.102. The maximum Gasteiger partial charge on any atom is 0.278 e. The third-order valence-corrected chi connectivity index (χ3v) is 3.33. The molecular formula is C15H17N5O3. The van der Waals surface area contributed by atoms with Crippen LogP contribution in [0.4, 0.5) is 5.69 Å². The number of anilines is 1. The molecule has 3 rings (SSSR count). The molecule has 0 bridgehead atoms. The van der Waals surface area contributed by atoms with E-state index in [9.17, 15) is 4.79 Å². The normalized spacial score (nSPS) is 11.2. The van der Waals surface area contributed by atoms with Crippen LogP contribution in [0, 0.1) is 6.92 Å². The largest absolute Gasteiger partial charge is 0.440 e. The summed E-state index contributed by atoms with van der Waals surface area (Å²) in [5.74, 6) is 1.15. The third-order valence-electron chi connectivity index (χ3n) is 3.33. The van der Waals surface area contributed by atoms with Gasteiger partial charge in [0.2, 0.25) is 5.89 Å². The van der Waals surface area contributed by atoms with Crippen molar-refractivity contribution in [3.8, 4) is 11.5 Å². The van der Waals surface area contributed by atoms with Gasteiger partial charge in [0, 0.05) is 19.2 Å². The van der Waals surface area contributed by atoms with Crippen LogP contribution in [0.1, 0.15) is 41.8 Å². The van der Waals surface area contributed by atoms with Crippen LogP contribution in [0.2, 0.25) is 0 Å². The van der Waals surface area contributed by atoms with E-state index in [2.05, 4.69) is 20.6 Å². The smallest absolute Gasteiger partial charge is 0.278 e. The van der Waals surface area contributed by atoms with Crippen LogP contribution in [0.5, 0.6) is 0 Å². The summed E-state index contributed by atoms with van der Waals surface area (Å²) < 4.78 is 12.4. The van der Waals surface area contributed by atoms with E-state index in [1.54, 1.807) is 31.0 Å². The summed E-state index contributed by atoms with van der Waals surface area (Å²) in [6.07, 6.45) is 4.87. The summed E-state index contributed by atoms with van der Waals surface area (Å²) in [6, 6.07) is 0. The molecule has 0 aliphatic carbocycles. The van der Waals surface area contributed by atoms with Gasteiger partial charge in [0.25, 0.3) is 5.91 Å². The van der Waals surface area contributed by atoms with E-state index in [-0.39, 0.29) is 17.5 Å². The molecule has 1 amide bonds. The van der Waals surface area contributed by atoms with E-state index in [1.807, 2.05) is 13.8 Å². The van der Waals surface area contributed by atoms with Gasteiger partial charge in [0.05, 0.1) is 18.0 Å². The Balaban J connectivity index is 1.85. The first kappa shape index (κ1) is 15.0. The van der Waals surface area contributed by atoms with Gasteiger partial charge in [0.15, 0.2) is 11.5 Å². The van der Waals surface area contributed by atoms with E-state index < -0.39 is 0 Å². The van der Waals surface area contributed by atoms with Crippen LogP contribution >= 0.6 is 0 Å². The quantitative estimate of drug-likeness (QED) is 0.794. The standard InChI is InChI=1S/C15H17N5O3/c1-8(2)13-11(6-17-23-13)18-14(21)12-9(3)22-15(19-12)10-5-16-20(4)7-10/h5-8H,1-4H3,(H,18,21). The lowest BCUT2D eigenvalue weighted by Gasteiger charge is -2.04. The summed E-state index contributed by atoms with van der Waals surface area (Å²) in [5, 5.41) is 10.5. The molecule has 0 aliphatic heterocycles. The number of aryl methyl sites for hydroxylation is 2. The number of carbonyl (C=O) groups excluding carboxylic acids is 1. The number of nitrogens with one attached hydrogen (secondary N) is 1. The number of hydrogen-bond donors (Lipinski definition) is 1. The number of hydrogen-bond acceptors (Lipinski definition) is 6. The first-order chi connectivity index (χ1) is 11.0. The van der Waals surface area contributed by atoms with Crippen molar-refractivity contribution in [3.05, 3.63) is 35.8 Å². The minimum absolute atomic E-state index is 0.108. The summed E-state index contributed by atoms with van der Waals surface area (Å²) in [4.78, 5) is 16.7. The lowest BCUT2D eigenvalue weighted by atomic mass is 10.1. The van der Waals surface area contributed by atoms with Crippen LogP contribution in [0.25, 0.3) is 11.5 Å². The number of nitrogens with zero attached hydrogens (tertiary/aromatic N) is 4. The fourth-order valence-corrected chi connectivity index (χ4v) is 2.20. The maximum atomic E-state index is 12.4. The van der Waals surface area contributed by atoms with Gasteiger partial charge in [-0.3, -0.25) is 9.48 Å². The van der Waals surface area contributed by atoms with Gasteiger partial charge >= 0.3 is 0 Å². The Kier molecular flexibility index (Phi) is 3.73. The third kappa shape index (κ3) is 2.87. The highest BCUT2D eigenvalue weighted by Crippen LogP contribution is 2.25. The predicted octanol–water partition coefficient (Wildman–Crippen LogP) is 2.75. The molecule has 0 aliphatic rings. The van der Waals surface area contributed by atoms with Crippen molar-refractivity contribution in [3.63, 3.8) is 0 Å². The average Bonchev–Trinajstić information content (AvgIpc) is 3.18. The lowest BCUT2D eigenvalue weighted by Crippen LogP contribution is -2.14. The van der Waals surface area contributed by atoms with Crippen molar-refractivity contribution in [2.24, 2.45) is 7.05 Å². The molecule has 8 nitrogen and oxygen atoms in total. The monoisotopic (exact) mass is 315 g/mol. The van der Waals surface area contributed by atoms with Crippen LogP contribution in [0.3, 0.4) is 0 Å². The van der Waals surface area contributed by atoms with Gasteiger partial charge in [-0.2, -0.15) is 5.10 Å². The average molecular weight is 315 g/mol. The van der Waals surface area contributed by atoms with Crippen molar-refractivity contribution >= 4 is 11.6 Å². The second-order valence-corrected chi connectivity index (χ2v) is 5.54. The van der Waals surface area contributed by atoms with Crippen molar-refractivity contribution < 1.29 is 13.7 Å². The van der Waals surface area contributed by atoms with Gasteiger partial charge in [-0.15, -0.1) is 0 Å². The fraction of sp³-hybridized carbons (Fsp3) is 0.333. The van der Waals surface area contributed by atoms with Gasteiger partial charge in [-0.1, -0.05) is 19.0 Å². The Morgan fingerprint density at radius 3 is 2.78 bits per heavy atom. The number of rotatable bonds is 4. The van der Waals surface area contributed by atoms with E-state index in [4.69, 9.17) is 8.94 Å². The number of aromatic nitrogens is 4. The van der Waals surface area contributed by atoms with Crippen molar-refractivity contribution in [2.75, 3.05) is 5.32 Å². The molecule has 120 valence electrons. The first-order valence-electron chi connectivity index (χ1n) is 7.18. The molecule has 0 atom stereocenters. The Morgan fingerprint density at radius 2 is 2.13 bits per heavy atom. The summed E-state index contributed by atoms with van der Waals surface area (Å²) in [6.45, 7) is 5.61. The Morgan fingerprint density at radius 1 is 1.35 bits per heavy atom. The van der Waals surface area contributed by atoms with E-state index in [0.717, 1.165) is 0 Å². The molecule has 0 spiro atoms. The van der Waals surface area contributed by atoms with Crippen LogP contribution in [-0.4, -0.2) is 25.8 Å². The second kappa shape index (κ2) is 5.71. The van der Waals surface area contributed by atoms with Gasteiger partial charge in [-0.05, 0) is 6.92 Å². The summed E-state index contributed by atoms with van der Waals surface area (Å²) in [5.41, 5.74) is 1.47.